The number of fused-ring (bicyclic) bond motifs is 1. The van der Waals surface area contributed by atoms with Crippen LogP contribution in [0.2, 0.25) is 5.02 Å². The molecule has 0 amide bonds. The van der Waals surface area contributed by atoms with Gasteiger partial charge in [-0.1, -0.05) is 11.6 Å². The van der Waals surface area contributed by atoms with E-state index in [0.29, 0.717) is 39.1 Å². The van der Waals surface area contributed by atoms with Gasteiger partial charge in [-0.2, -0.15) is 0 Å². The molecule has 2 aromatic heterocycles. The van der Waals surface area contributed by atoms with Gasteiger partial charge in [-0.15, -0.1) is 0 Å². The van der Waals surface area contributed by atoms with E-state index in [1.165, 1.54) is 4.57 Å². The van der Waals surface area contributed by atoms with Gasteiger partial charge in [-0.05, 0) is 57.0 Å². The molecule has 1 unspecified atom stereocenters. The van der Waals surface area contributed by atoms with E-state index in [1.807, 2.05) is 12.1 Å². The number of ether oxygens (including phenoxy) is 1. The first kappa shape index (κ1) is 19.5. The third kappa shape index (κ3) is 3.88. The summed E-state index contributed by atoms with van der Waals surface area (Å²) in [5.74, 6) is 0.959. The number of hydrogen-bond acceptors (Lipinski definition) is 6. The molecule has 1 saturated carbocycles. The minimum atomic E-state index is -0.611. The number of aliphatic hydroxyl groups is 1. The molecule has 3 aromatic rings. The minimum absolute atomic E-state index is 0.0263. The standard InChI is InChI=1S/C21H22ClN5O2/c1-11(28)10-29-14-5-6-16(22)15(9-14)20(24)27-19(23)12(2)25-18-8-7-17(13-3-4-13)26-21(18)27/h5-9,11,13,23-24,28H,3-4,10H2,1-2H3. The second-order valence-corrected chi connectivity index (χ2v) is 7.79. The van der Waals surface area contributed by atoms with Crippen molar-refractivity contribution < 1.29 is 9.84 Å². The Morgan fingerprint density at radius 1 is 1.31 bits per heavy atom. The lowest BCUT2D eigenvalue weighted by atomic mass is 10.1. The van der Waals surface area contributed by atoms with Crippen LogP contribution in [0.3, 0.4) is 0 Å². The van der Waals surface area contributed by atoms with Crippen molar-refractivity contribution in [3.8, 4) is 5.75 Å². The highest BCUT2D eigenvalue weighted by atomic mass is 35.5. The summed E-state index contributed by atoms with van der Waals surface area (Å²) in [5.41, 5.74) is 3.07. The zero-order valence-corrected chi connectivity index (χ0v) is 17.0. The largest absolute Gasteiger partial charge is 0.491 e. The Hall–Kier alpha value is -2.77. The van der Waals surface area contributed by atoms with Gasteiger partial charge in [0.15, 0.2) is 11.1 Å². The van der Waals surface area contributed by atoms with Gasteiger partial charge in [0.25, 0.3) is 0 Å². The lowest BCUT2D eigenvalue weighted by Crippen LogP contribution is -2.31. The molecule has 2 heterocycles. The van der Waals surface area contributed by atoms with Gasteiger partial charge in [0.05, 0.1) is 16.8 Å². The molecule has 7 nitrogen and oxygen atoms in total. The molecule has 1 fully saturated rings. The third-order valence-corrected chi connectivity index (χ3v) is 5.18. The van der Waals surface area contributed by atoms with Crippen LogP contribution in [-0.2, 0) is 0 Å². The molecule has 1 aromatic carbocycles. The summed E-state index contributed by atoms with van der Waals surface area (Å²) in [6.07, 6.45) is 1.61. The second kappa shape index (κ2) is 7.57. The molecule has 0 aliphatic heterocycles. The van der Waals surface area contributed by atoms with E-state index in [1.54, 1.807) is 32.0 Å². The first-order valence-electron chi connectivity index (χ1n) is 9.49. The van der Waals surface area contributed by atoms with E-state index in [9.17, 15) is 5.11 Å². The molecule has 0 saturated heterocycles. The molecule has 1 aliphatic carbocycles. The second-order valence-electron chi connectivity index (χ2n) is 7.38. The van der Waals surface area contributed by atoms with E-state index in [4.69, 9.17) is 32.1 Å². The Balaban J connectivity index is 1.84. The molecule has 0 bridgehead atoms. The number of hydrogen-bond donors (Lipinski definition) is 3. The van der Waals surface area contributed by atoms with Crippen LogP contribution in [0.15, 0.2) is 30.3 Å². The highest BCUT2D eigenvalue weighted by molar-refractivity contribution is 6.34. The molecule has 8 heteroatoms. The van der Waals surface area contributed by atoms with Crippen molar-refractivity contribution in [1.29, 1.82) is 10.8 Å². The van der Waals surface area contributed by atoms with Gasteiger partial charge < -0.3 is 9.84 Å². The molecular formula is C21H22ClN5O2. The maximum atomic E-state index is 9.45. The van der Waals surface area contributed by atoms with Crippen molar-refractivity contribution in [3.05, 3.63) is 57.8 Å². The van der Waals surface area contributed by atoms with E-state index in [2.05, 4.69) is 4.98 Å². The number of nitrogens with one attached hydrogen (secondary N) is 2. The van der Waals surface area contributed by atoms with Gasteiger partial charge in [-0.25, -0.2) is 9.97 Å². The summed E-state index contributed by atoms with van der Waals surface area (Å²) in [6, 6.07) is 8.85. The molecular weight excluding hydrogens is 390 g/mol. The van der Waals surface area contributed by atoms with Crippen LogP contribution in [0, 0.1) is 17.7 Å². The fourth-order valence-corrected chi connectivity index (χ4v) is 3.35. The predicted octanol–water partition coefficient (Wildman–Crippen LogP) is 3.38. The van der Waals surface area contributed by atoms with Gasteiger partial charge in [0.2, 0.25) is 0 Å². The summed E-state index contributed by atoms with van der Waals surface area (Å²) in [7, 11) is 0. The molecule has 0 radical (unpaired) electrons. The highest BCUT2D eigenvalue weighted by Crippen LogP contribution is 2.39. The Morgan fingerprint density at radius 2 is 2.07 bits per heavy atom. The first-order chi connectivity index (χ1) is 13.8. The van der Waals surface area contributed by atoms with Gasteiger partial charge >= 0.3 is 0 Å². The van der Waals surface area contributed by atoms with Crippen LogP contribution >= 0.6 is 11.6 Å². The zero-order valence-electron chi connectivity index (χ0n) is 16.2. The summed E-state index contributed by atoms with van der Waals surface area (Å²) in [4.78, 5) is 9.20. The number of aromatic nitrogens is 3. The topological polar surface area (TPSA) is 108 Å². The number of aliphatic hydroxyl groups excluding tert-OH is 1. The van der Waals surface area contributed by atoms with Crippen LogP contribution < -0.4 is 10.2 Å². The Labute approximate surface area is 173 Å². The molecule has 1 atom stereocenters. The number of benzene rings is 1. The summed E-state index contributed by atoms with van der Waals surface area (Å²) < 4.78 is 7.04. The monoisotopic (exact) mass is 411 g/mol. The highest BCUT2D eigenvalue weighted by Gasteiger charge is 2.26. The van der Waals surface area contributed by atoms with Gasteiger partial charge in [0, 0.05) is 17.2 Å². The number of halogens is 1. The van der Waals surface area contributed by atoms with Crippen LogP contribution in [-0.4, -0.2) is 38.2 Å². The summed E-state index contributed by atoms with van der Waals surface area (Å²) in [6.45, 7) is 3.51. The maximum Gasteiger partial charge on any atom is 0.166 e. The summed E-state index contributed by atoms with van der Waals surface area (Å²) in [5, 5.41) is 27.2. The molecule has 150 valence electrons. The lowest BCUT2D eigenvalue weighted by molar-refractivity contribution is 0.122. The van der Waals surface area contributed by atoms with Crippen molar-refractivity contribution in [3.63, 3.8) is 0 Å². The Kier molecular flexibility index (Phi) is 5.10. The van der Waals surface area contributed by atoms with Crippen molar-refractivity contribution >= 4 is 28.6 Å². The Morgan fingerprint density at radius 3 is 2.76 bits per heavy atom. The average molecular weight is 412 g/mol. The van der Waals surface area contributed by atoms with Crippen molar-refractivity contribution in [2.45, 2.75) is 38.7 Å². The SMILES string of the molecule is Cc1nc2ccc(C3CC3)nc2n(C(=N)c2cc(OCC(C)O)ccc2Cl)c1=N. The fourth-order valence-electron chi connectivity index (χ4n) is 3.15. The average Bonchev–Trinajstić information content (AvgIpc) is 3.53. The number of pyridine rings is 1. The van der Waals surface area contributed by atoms with Gasteiger partial charge in [-0.3, -0.25) is 15.4 Å². The fraction of sp³-hybridized carbons (Fsp3) is 0.333. The number of aryl methyl sites for hydroxylation is 1. The first-order valence-corrected chi connectivity index (χ1v) is 9.87. The van der Waals surface area contributed by atoms with Crippen LogP contribution in [0.1, 0.15) is 42.6 Å². The summed E-state index contributed by atoms with van der Waals surface area (Å²) >= 11 is 6.38. The maximum absolute atomic E-state index is 9.45. The smallest absolute Gasteiger partial charge is 0.166 e. The molecule has 0 spiro atoms. The van der Waals surface area contributed by atoms with Crippen LogP contribution in [0.5, 0.6) is 5.75 Å². The predicted molar refractivity (Wildman–Crippen MR) is 111 cm³/mol. The van der Waals surface area contributed by atoms with E-state index in [0.717, 1.165) is 18.5 Å². The number of rotatable bonds is 5. The normalized spacial score (nSPS) is 14.8. The van der Waals surface area contributed by atoms with Crippen LogP contribution in [0.4, 0.5) is 0 Å². The van der Waals surface area contributed by atoms with E-state index in [-0.39, 0.29) is 17.9 Å². The Bertz CT molecular complexity index is 1170. The lowest BCUT2D eigenvalue weighted by Gasteiger charge is -2.16. The quantitative estimate of drug-likeness (QED) is 0.441. The van der Waals surface area contributed by atoms with Crippen LogP contribution in [0.25, 0.3) is 11.2 Å². The molecule has 1 aliphatic rings. The molecule has 3 N–H and O–H groups in total. The minimum Gasteiger partial charge on any atom is -0.491 e. The van der Waals surface area contributed by atoms with Crippen molar-refractivity contribution in [2.75, 3.05) is 6.61 Å². The van der Waals surface area contributed by atoms with E-state index >= 15 is 0 Å². The molecule has 4 rings (SSSR count). The van der Waals surface area contributed by atoms with Crippen molar-refractivity contribution in [1.82, 2.24) is 14.5 Å². The third-order valence-electron chi connectivity index (χ3n) is 4.85. The van der Waals surface area contributed by atoms with Crippen molar-refractivity contribution in [2.24, 2.45) is 0 Å². The van der Waals surface area contributed by atoms with Gasteiger partial charge in [0.1, 0.15) is 23.7 Å². The molecule has 29 heavy (non-hydrogen) atoms. The number of nitrogens with zero attached hydrogens (tertiary/aromatic N) is 3. The van der Waals surface area contributed by atoms with E-state index < -0.39 is 6.10 Å². The zero-order chi connectivity index (χ0) is 20.7.